The molecular formula is C19H20O6. The van der Waals surface area contributed by atoms with Gasteiger partial charge in [0, 0.05) is 16.5 Å². The molecule has 6 nitrogen and oxygen atoms in total. The van der Waals surface area contributed by atoms with E-state index in [1.54, 1.807) is 24.3 Å². The van der Waals surface area contributed by atoms with Crippen molar-refractivity contribution in [2.24, 2.45) is 0 Å². The first-order chi connectivity index (χ1) is 11.8. The third kappa shape index (κ3) is 3.15. The number of carboxylic acid groups (broad SMARTS) is 2. The van der Waals surface area contributed by atoms with E-state index in [9.17, 15) is 19.8 Å². The largest absolute Gasteiger partial charge is 0.496 e. The molecule has 0 aliphatic carbocycles. The van der Waals surface area contributed by atoms with Crippen molar-refractivity contribution < 1.29 is 29.3 Å². The molecule has 0 spiro atoms. The normalized spacial score (nSPS) is 11.0. The summed E-state index contributed by atoms with van der Waals surface area (Å²) < 4.78 is 10.7. The van der Waals surface area contributed by atoms with Crippen molar-refractivity contribution in [2.75, 3.05) is 14.2 Å². The first-order valence-corrected chi connectivity index (χ1v) is 7.57. The molecule has 0 fully saturated rings. The van der Waals surface area contributed by atoms with Crippen molar-refractivity contribution in [3.63, 3.8) is 0 Å². The number of methoxy groups -OCH3 is 2. The number of hydrogen-bond donors (Lipinski definition) is 2. The fourth-order valence-electron chi connectivity index (χ4n) is 2.98. The zero-order valence-corrected chi connectivity index (χ0v) is 14.5. The minimum Gasteiger partial charge on any atom is -0.496 e. The van der Waals surface area contributed by atoms with E-state index in [0.29, 0.717) is 11.1 Å². The van der Waals surface area contributed by atoms with Crippen LogP contribution in [0.15, 0.2) is 36.4 Å². The van der Waals surface area contributed by atoms with Gasteiger partial charge in [-0.15, -0.1) is 0 Å². The van der Waals surface area contributed by atoms with Gasteiger partial charge in [0.15, 0.2) is 0 Å². The maximum absolute atomic E-state index is 11.5. The highest BCUT2D eigenvalue weighted by atomic mass is 16.5. The van der Waals surface area contributed by atoms with Crippen molar-refractivity contribution in [3.05, 3.63) is 58.7 Å². The number of ether oxygens (including phenoxy) is 2. The number of hydrogen-bond acceptors (Lipinski definition) is 4. The Morgan fingerprint density at radius 2 is 1.16 bits per heavy atom. The number of benzene rings is 2. The number of para-hydroxylation sites is 2. The van der Waals surface area contributed by atoms with Crippen LogP contribution in [0, 0.1) is 0 Å². The lowest BCUT2D eigenvalue weighted by Gasteiger charge is -2.30. The van der Waals surface area contributed by atoms with E-state index in [-0.39, 0.29) is 22.6 Å². The molecule has 25 heavy (non-hydrogen) atoms. The first-order valence-electron chi connectivity index (χ1n) is 7.57. The molecule has 2 rings (SSSR count). The summed E-state index contributed by atoms with van der Waals surface area (Å²) in [5.74, 6) is -1.72. The quantitative estimate of drug-likeness (QED) is 0.834. The Balaban J connectivity index is 2.76. The lowest BCUT2D eigenvalue weighted by molar-refractivity contribution is 0.0682. The fraction of sp³-hybridized carbons (Fsp3) is 0.263. The van der Waals surface area contributed by atoms with Crippen LogP contribution in [0.2, 0.25) is 0 Å². The van der Waals surface area contributed by atoms with Crippen LogP contribution in [0.5, 0.6) is 11.5 Å². The molecule has 0 radical (unpaired) electrons. The van der Waals surface area contributed by atoms with Crippen LogP contribution >= 0.6 is 0 Å². The van der Waals surface area contributed by atoms with Gasteiger partial charge in [-0.1, -0.05) is 38.1 Å². The minimum absolute atomic E-state index is 0.0430. The van der Waals surface area contributed by atoms with Gasteiger partial charge >= 0.3 is 11.9 Å². The summed E-state index contributed by atoms with van der Waals surface area (Å²) in [6, 6.07) is 9.72. The molecule has 0 saturated heterocycles. The maximum Gasteiger partial charge on any atom is 0.339 e. The zero-order chi connectivity index (χ0) is 18.8. The highest BCUT2D eigenvalue weighted by Gasteiger charge is 2.33. The van der Waals surface area contributed by atoms with E-state index in [1.807, 2.05) is 13.8 Å². The van der Waals surface area contributed by atoms with Crippen LogP contribution in [-0.2, 0) is 5.41 Å². The number of carboxylic acids is 2. The molecule has 2 aromatic carbocycles. The Morgan fingerprint density at radius 3 is 1.44 bits per heavy atom. The molecule has 132 valence electrons. The number of carbonyl (C=O) groups is 2. The lowest BCUT2D eigenvalue weighted by atomic mass is 9.76. The van der Waals surface area contributed by atoms with E-state index >= 15 is 0 Å². The third-order valence-corrected chi connectivity index (χ3v) is 4.25. The van der Waals surface area contributed by atoms with Crippen LogP contribution in [-0.4, -0.2) is 36.4 Å². The summed E-state index contributed by atoms with van der Waals surface area (Å²) >= 11 is 0. The molecule has 0 amide bonds. The van der Waals surface area contributed by atoms with Crippen LogP contribution in [0.1, 0.15) is 45.7 Å². The van der Waals surface area contributed by atoms with Crippen molar-refractivity contribution in [1.82, 2.24) is 0 Å². The monoisotopic (exact) mass is 344 g/mol. The Hall–Kier alpha value is -3.02. The zero-order valence-electron chi connectivity index (χ0n) is 14.5. The van der Waals surface area contributed by atoms with Gasteiger partial charge in [0.1, 0.15) is 22.6 Å². The molecule has 2 aromatic rings. The van der Waals surface area contributed by atoms with Gasteiger partial charge in [-0.05, 0) is 12.1 Å². The summed E-state index contributed by atoms with van der Waals surface area (Å²) in [5.41, 5.74) is 0.572. The molecule has 2 N–H and O–H groups in total. The van der Waals surface area contributed by atoms with E-state index in [1.165, 1.54) is 26.4 Å². The van der Waals surface area contributed by atoms with Crippen LogP contribution in [0.4, 0.5) is 0 Å². The van der Waals surface area contributed by atoms with Gasteiger partial charge in [-0.2, -0.15) is 0 Å². The van der Waals surface area contributed by atoms with Gasteiger partial charge in [-0.25, -0.2) is 9.59 Å². The summed E-state index contributed by atoms with van der Waals surface area (Å²) in [6.45, 7) is 3.72. The summed E-state index contributed by atoms with van der Waals surface area (Å²) in [6.07, 6.45) is 0. The van der Waals surface area contributed by atoms with Crippen molar-refractivity contribution in [1.29, 1.82) is 0 Å². The second kappa shape index (κ2) is 6.84. The minimum atomic E-state index is -1.10. The standard InChI is InChI=1S/C19H20O6/c1-19(2,13-9-5-7-11(17(20)21)15(13)24-3)14-10-6-8-12(18(22)23)16(14)25-4/h5-10H,1-4H3,(H,20,21)(H,22,23). The number of aromatic carboxylic acids is 2. The smallest absolute Gasteiger partial charge is 0.339 e. The van der Waals surface area contributed by atoms with E-state index in [0.717, 1.165) is 0 Å². The van der Waals surface area contributed by atoms with E-state index in [2.05, 4.69) is 0 Å². The molecule has 0 aromatic heterocycles. The molecule has 0 saturated carbocycles. The molecule has 0 aliphatic heterocycles. The molecule has 0 atom stereocenters. The second-order valence-electron chi connectivity index (χ2n) is 6.01. The van der Waals surface area contributed by atoms with Crippen LogP contribution < -0.4 is 9.47 Å². The van der Waals surface area contributed by atoms with Crippen molar-refractivity contribution >= 4 is 11.9 Å². The highest BCUT2D eigenvalue weighted by molar-refractivity contribution is 5.93. The van der Waals surface area contributed by atoms with Gasteiger partial charge in [0.2, 0.25) is 0 Å². The van der Waals surface area contributed by atoms with Gasteiger partial charge < -0.3 is 19.7 Å². The highest BCUT2D eigenvalue weighted by Crippen LogP contribution is 2.43. The second-order valence-corrected chi connectivity index (χ2v) is 6.01. The predicted octanol–water partition coefficient (Wildman–Crippen LogP) is 3.43. The molecule has 0 aliphatic rings. The van der Waals surface area contributed by atoms with E-state index < -0.39 is 17.4 Å². The van der Waals surface area contributed by atoms with E-state index in [4.69, 9.17) is 9.47 Å². The maximum atomic E-state index is 11.5. The molecule has 0 bridgehead atoms. The summed E-state index contributed by atoms with van der Waals surface area (Å²) in [4.78, 5) is 23.0. The summed E-state index contributed by atoms with van der Waals surface area (Å²) in [5, 5.41) is 18.8. The van der Waals surface area contributed by atoms with Gasteiger partial charge in [-0.3, -0.25) is 0 Å². The molecule has 0 heterocycles. The van der Waals surface area contributed by atoms with Crippen LogP contribution in [0.3, 0.4) is 0 Å². The molecular weight excluding hydrogens is 324 g/mol. The molecule has 0 unspecified atom stereocenters. The topological polar surface area (TPSA) is 93.1 Å². The third-order valence-electron chi connectivity index (χ3n) is 4.25. The lowest BCUT2D eigenvalue weighted by Crippen LogP contribution is -2.23. The number of rotatable bonds is 6. The predicted molar refractivity (Wildman–Crippen MR) is 92.0 cm³/mol. The average molecular weight is 344 g/mol. The van der Waals surface area contributed by atoms with Crippen LogP contribution in [0.25, 0.3) is 0 Å². The fourth-order valence-corrected chi connectivity index (χ4v) is 2.98. The van der Waals surface area contributed by atoms with Crippen molar-refractivity contribution in [2.45, 2.75) is 19.3 Å². The van der Waals surface area contributed by atoms with Gasteiger partial charge in [0.05, 0.1) is 14.2 Å². The molecule has 6 heteroatoms. The SMILES string of the molecule is COc1c(C(=O)O)cccc1C(C)(C)c1cccc(C(=O)O)c1OC. The Labute approximate surface area is 145 Å². The van der Waals surface area contributed by atoms with Gasteiger partial charge in [0.25, 0.3) is 0 Å². The van der Waals surface area contributed by atoms with Crippen molar-refractivity contribution in [3.8, 4) is 11.5 Å². The Morgan fingerprint density at radius 1 is 0.800 bits per heavy atom. The Kier molecular flexibility index (Phi) is 5.02. The summed E-state index contributed by atoms with van der Waals surface area (Å²) in [7, 11) is 2.82. The first kappa shape index (κ1) is 18.3. The Bertz CT molecular complexity index is 755. The average Bonchev–Trinajstić information content (AvgIpc) is 2.59.